The Morgan fingerprint density at radius 1 is 0.918 bits per heavy atom. The monoisotopic (exact) mass is 709 g/mol. The third-order valence-corrected chi connectivity index (χ3v) is 10.1. The third-order valence-electron chi connectivity index (χ3n) is 7.24. The number of amides is 1. The summed E-state index contributed by atoms with van der Waals surface area (Å²) in [6, 6.07) is 30.7. The van der Waals surface area contributed by atoms with Crippen molar-refractivity contribution in [1.29, 1.82) is 0 Å². The number of carbonyl (C=O) groups is 1. The van der Waals surface area contributed by atoms with E-state index < -0.39 is 10.0 Å². The largest absolute Gasteiger partial charge is 0.326 e. The van der Waals surface area contributed by atoms with Gasteiger partial charge in [-0.3, -0.25) is 4.79 Å². The highest BCUT2D eigenvalue weighted by molar-refractivity contribution is 8.00. The lowest BCUT2D eigenvalue weighted by Crippen LogP contribution is -2.12. The molecule has 0 radical (unpaired) electrons. The van der Waals surface area contributed by atoms with E-state index in [1.165, 1.54) is 28.2 Å². The van der Waals surface area contributed by atoms with E-state index in [1.807, 2.05) is 85.7 Å². The van der Waals surface area contributed by atoms with E-state index in [2.05, 4.69) is 20.3 Å². The predicted octanol–water partition coefficient (Wildman–Crippen LogP) is 7.91. The molecule has 0 bridgehead atoms. The molecule has 2 aromatic heterocycles. The topological polar surface area (TPSA) is 121 Å². The summed E-state index contributed by atoms with van der Waals surface area (Å²) in [5.74, 6) is 0.116. The Bertz CT molecular complexity index is 2240. The van der Waals surface area contributed by atoms with Crippen LogP contribution in [0.4, 0.5) is 23.0 Å². The average Bonchev–Trinajstić information content (AvgIpc) is 3.50. The molecule has 4 aromatic carbocycles. The van der Waals surface area contributed by atoms with Crippen molar-refractivity contribution >= 4 is 73.4 Å². The maximum Gasteiger partial charge on any atom is 0.268 e. The van der Waals surface area contributed by atoms with E-state index in [1.54, 1.807) is 48.7 Å². The Morgan fingerprint density at radius 3 is 2.43 bits per heavy atom. The summed E-state index contributed by atoms with van der Waals surface area (Å²) in [6.07, 6.45) is 6.39. The first-order valence-electron chi connectivity index (χ1n) is 15.1. The Kier molecular flexibility index (Phi) is 10.3. The molecule has 248 valence electrons. The number of hydrogen-bond acceptors (Lipinski definition) is 9. The summed E-state index contributed by atoms with van der Waals surface area (Å²) in [5, 5.41) is 7.06. The van der Waals surface area contributed by atoms with Crippen LogP contribution in [0.15, 0.2) is 137 Å². The summed E-state index contributed by atoms with van der Waals surface area (Å²) in [5.41, 5.74) is 3.74. The van der Waals surface area contributed by atoms with Crippen molar-refractivity contribution in [3.8, 4) is 11.3 Å². The van der Waals surface area contributed by atoms with Crippen molar-refractivity contribution in [2.24, 2.45) is 0 Å². The maximum atomic E-state index is 13.6. The second-order valence-electron chi connectivity index (χ2n) is 11.2. The van der Waals surface area contributed by atoms with Gasteiger partial charge in [0.1, 0.15) is 0 Å². The average molecular weight is 710 g/mol. The predicted molar refractivity (Wildman–Crippen MR) is 199 cm³/mol. The van der Waals surface area contributed by atoms with Crippen molar-refractivity contribution in [2.45, 2.75) is 9.79 Å². The molecule has 1 amide bonds. The molecule has 0 aliphatic rings. The number of likely N-dealkylation sites (N-methyl/N-ethyl adjacent to an activating group) is 1. The number of benzene rings is 4. The summed E-state index contributed by atoms with van der Waals surface area (Å²) in [7, 11) is 0.000183. The molecule has 3 N–H and O–H groups in total. The van der Waals surface area contributed by atoms with E-state index >= 15 is 0 Å². The number of rotatable bonds is 12. The van der Waals surface area contributed by atoms with Crippen LogP contribution in [-0.4, -0.2) is 53.8 Å². The zero-order chi connectivity index (χ0) is 34.4. The molecule has 10 nitrogen and oxygen atoms in total. The van der Waals surface area contributed by atoms with Crippen LogP contribution < -0.4 is 15.4 Å². The van der Waals surface area contributed by atoms with Crippen LogP contribution in [0.5, 0.6) is 0 Å². The Hall–Kier alpha value is -5.14. The number of fused-ring (bicyclic) bond motifs is 1. The van der Waals surface area contributed by atoms with Crippen LogP contribution in [0.1, 0.15) is 0 Å². The summed E-state index contributed by atoms with van der Waals surface area (Å²) in [4.78, 5) is 24.3. The van der Waals surface area contributed by atoms with Gasteiger partial charge >= 0.3 is 0 Å². The molecule has 6 aromatic rings. The number of aromatic nitrogens is 3. The van der Waals surface area contributed by atoms with Gasteiger partial charge < -0.3 is 20.3 Å². The van der Waals surface area contributed by atoms with E-state index in [0.29, 0.717) is 40.3 Å². The van der Waals surface area contributed by atoms with Crippen molar-refractivity contribution in [1.82, 2.24) is 18.8 Å². The molecule has 0 spiro atoms. The van der Waals surface area contributed by atoms with Gasteiger partial charge in [-0.1, -0.05) is 60.1 Å². The molecule has 0 saturated carbocycles. The van der Waals surface area contributed by atoms with E-state index in [0.717, 1.165) is 16.3 Å². The Labute approximate surface area is 294 Å². The van der Waals surface area contributed by atoms with Gasteiger partial charge in [-0.15, -0.1) is 0 Å². The molecule has 0 atom stereocenters. The van der Waals surface area contributed by atoms with Crippen LogP contribution in [0.2, 0.25) is 5.02 Å². The van der Waals surface area contributed by atoms with Gasteiger partial charge in [-0.05, 0) is 86.7 Å². The highest BCUT2D eigenvalue weighted by atomic mass is 35.5. The standard InChI is InChI=1S/C36H32ClN7O3S2/c1-43(2)21-9-16-34(45)39-25-17-19-28(20-18-25)48-42-27-11-8-10-26(22-27)40-36-38-23-32(37)35(41-36)31-24-44(33-15-7-6-14-30(31)33)49(46,47)29-12-4-3-5-13-29/h3-20,22-24,42H,21H2,1-2H3,(H,39,45)(H,38,40,41)/b16-9+. The molecule has 6 rings (SSSR count). The van der Waals surface area contributed by atoms with Gasteiger partial charge in [0.15, 0.2) is 0 Å². The molecule has 0 unspecified atom stereocenters. The number of nitrogens with zero attached hydrogens (tertiary/aromatic N) is 4. The molecule has 0 aliphatic heterocycles. The molecule has 0 fully saturated rings. The minimum atomic E-state index is -3.88. The van der Waals surface area contributed by atoms with Crippen LogP contribution in [0.3, 0.4) is 0 Å². The fraction of sp³-hybridized carbons (Fsp3) is 0.0833. The van der Waals surface area contributed by atoms with Crippen LogP contribution in [0, 0.1) is 0 Å². The smallest absolute Gasteiger partial charge is 0.268 e. The number of nitrogens with one attached hydrogen (secondary N) is 3. The van der Waals surface area contributed by atoms with Crippen molar-refractivity contribution in [3.05, 3.63) is 133 Å². The number of anilines is 4. The van der Waals surface area contributed by atoms with Gasteiger partial charge in [0.25, 0.3) is 10.0 Å². The Balaban J connectivity index is 1.17. The maximum absolute atomic E-state index is 13.6. The second kappa shape index (κ2) is 15.0. The highest BCUT2D eigenvalue weighted by Crippen LogP contribution is 2.36. The van der Waals surface area contributed by atoms with Gasteiger partial charge in [-0.25, -0.2) is 22.4 Å². The summed E-state index contributed by atoms with van der Waals surface area (Å²) in [6.45, 7) is 0.690. The highest BCUT2D eigenvalue weighted by Gasteiger charge is 2.23. The fourth-order valence-electron chi connectivity index (χ4n) is 4.93. The van der Waals surface area contributed by atoms with Gasteiger partial charge in [0, 0.05) is 51.7 Å². The zero-order valence-electron chi connectivity index (χ0n) is 26.5. The van der Waals surface area contributed by atoms with Gasteiger partial charge in [0.05, 0.1) is 27.3 Å². The van der Waals surface area contributed by atoms with Crippen molar-refractivity contribution < 1.29 is 13.2 Å². The van der Waals surface area contributed by atoms with Crippen LogP contribution in [-0.2, 0) is 14.8 Å². The molecule has 0 aliphatic carbocycles. The van der Waals surface area contributed by atoms with E-state index in [4.69, 9.17) is 16.6 Å². The molecule has 0 saturated heterocycles. The van der Waals surface area contributed by atoms with E-state index in [-0.39, 0.29) is 15.8 Å². The number of para-hydroxylation sites is 1. The van der Waals surface area contributed by atoms with Crippen molar-refractivity contribution in [3.63, 3.8) is 0 Å². The summed E-state index contributed by atoms with van der Waals surface area (Å²) < 4.78 is 31.8. The second-order valence-corrected chi connectivity index (χ2v) is 14.3. The molecule has 49 heavy (non-hydrogen) atoms. The lowest BCUT2D eigenvalue weighted by Gasteiger charge is -2.11. The van der Waals surface area contributed by atoms with Crippen LogP contribution >= 0.6 is 23.5 Å². The first kappa shape index (κ1) is 33.7. The normalized spacial score (nSPS) is 11.7. The molecular formula is C36H32ClN7O3S2. The SMILES string of the molecule is CN(C)C/C=C/C(=O)Nc1ccc(SNc2cccc(Nc3ncc(Cl)c(-c4cn(S(=O)(=O)c5ccccc5)c5ccccc45)n3)c2)cc1. The van der Waals surface area contributed by atoms with Gasteiger partial charge in [-0.2, -0.15) is 0 Å². The Morgan fingerprint density at radius 2 is 1.65 bits per heavy atom. The zero-order valence-corrected chi connectivity index (χ0v) is 28.9. The number of carbonyl (C=O) groups excluding carboxylic acids is 1. The molecule has 13 heteroatoms. The first-order chi connectivity index (χ1) is 23.7. The fourth-order valence-corrected chi connectivity index (χ4v) is 7.15. The van der Waals surface area contributed by atoms with Gasteiger partial charge in [0.2, 0.25) is 11.9 Å². The number of hydrogen-bond donors (Lipinski definition) is 3. The molecular weight excluding hydrogens is 678 g/mol. The quantitative estimate of drug-likeness (QED) is 0.0860. The van der Waals surface area contributed by atoms with E-state index in [9.17, 15) is 13.2 Å². The third kappa shape index (κ3) is 8.12. The minimum Gasteiger partial charge on any atom is -0.326 e. The lowest BCUT2D eigenvalue weighted by atomic mass is 10.1. The van der Waals surface area contributed by atoms with Crippen LogP contribution in [0.25, 0.3) is 22.2 Å². The summed E-state index contributed by atoms with van der Waals surface area (Å²) >= 11 is 8.04. The lowest BCUT2D eigenvalue weighted by molar-refractivity contribution is -0.111. The molecule has 2 heterocycles. The first-order valence-corrected chi connectivity index (χ1v) is 17.8. The van der Waals surface area contributed by atoms with Crippen molar-refractivity contribution in [2.75, 3.05) is 36.0 Å². The minimum absolute atomic E-state index is 0.176. The number of halogens is 1.